The highest BCUT2D eigenvalue weighted by molar-refractivity contribution is 6.31. The van der Waals surface area contributed by atoms with E-state index in [2.05, 4.69) is 15.5 Å². The highest BCUT2D eigenvalue weighted by Crippen LogP contribution is 2.35. The number of hydrogen-bond donors (Lipinski definition) is 1. The Balaban J connectivity index is 0.00000320. The summed E-state index contributed by atoms with van der Waals surface area (Å²) >= 11 is 6.17. The Morgan fingerprint density at radius 1 is 1.27 bits per heavy atom. The predicted octanol–water partition coefficient (Wildman–Crippen LogP) is 2.24. The number of carboxylic acids is 1. The second kappa shape index (κ2) is 10.2. The summed E-state index contributed by atoms with van der Waals surface area (Å²) in [6.07, 6.45) is 2.91. The molecule has 0 aliphatic carbocycles. The maximum absolute atomic E-state index is 12.8. The van der Waals surface area contributed by atoms with E-state index in [0.717, 1.165) is 4.57 Å². The molecule has 0 radical (unpaired) electrons. The summed E-state index contributed by atoms with van der Waals surface area (Å²) in [6, 6.07) is 5.24. The number of halogens is 2. The second-order valence-electron chi connectivity index (χ2n) is 6.05. The van der Waals surface area contributed by atoms with Crippen molar-refractivity contribution >= 4 is 30.0 Å². The van der Waals surface area contributed by atoms with Gasteiger partial charge in [0.15, 0.2) is 0 Å². The molecule has 160 valence electrons. The summed E-state index contributed by atoms with van der Waals surface area (Å²) in [5, 5.41) is 21.1. The molecule has 0 spiro atoms. The van der Waals surface area contributed by atoms with E-state index in [1.165, 1.54) is 37.5 Å². The van der Waals surface area contributed by atoms with Gasteiger partial charge in [0, 0.05) is 42.4 Å². The lowest BCUT2D eigenvalue weighted by molar-refractivity contribution is -0.141. The Hall–Kier alpha value is -2.95. The lowest BCUT2D eigenvalue weighted by atomic mass is 10.0. The van der Waals surface area contributed by atoms with Gasteiger partial charge in [-0.25, -0.2) is 4.79 Å². The van der Waals surface area contributed by atoms with Gasteiger partial charge in [-0.2, -0.15) is 4.68 Å². The van der Waals surface area contributed by atoms with Crippen LogP contribution in [0.1, 0.15) is 12.5 Å². The molecule has 0 amide bonds. The number of methoxy groups -OCH3 is 2. The molecule has 2 aromatic heterocycles. The van der Waals surface area contributed by atoms with E-state index < -0.39 is 17.6 Å². The Bertz CT molecular complexity index is 1070. The zero-order valence-corrected chi connectivity index (χ0v) is 17.6. The first-order valence-electron chi connectivity index (χ1n) is 8.51. The highest BCUT2D eigenvalue weighted by Gasteiger charge is 2.23. The van der Waals surface area contributed by atoms with E-state index in [1.807, 2.05) is 0 Å². The van der Waals surface area contributed by atoms with Crippen LogP contribution in [0.5, 0.6) is 5.75 Å². The molecule has 12 heteroatoms. The molecule has 0 aliphatic heterocycles. The molecule has 0 bridgehead atoms. The molecule has 1 atom stereocenters. The zero-order valence-electron chi connectivity index (χ0n) is 16.1. The van der Waals surface area contributed by atoms with E-state index in [0.29, 0.717) is 27.6 Å². The molecule has 1 unspecified atom stereocenters. The van der Waals surface area contributed by atoms with Crippen molar-refractivity contribution in [3.05, 3.63) is 52.2 Å². The number of rotatable bonds is 8. The van der Waals surface area contributed by atoms with Crippen molar-refractivity contribution in [2.45, 2.75) is 12.5 Å². The first kappa shape index (κ1) is 23.3. The molecule has 3 rings (SSSR count). The van der Waals surface area contributed by atoms with Crippen LogP contribution in [0.15, 0.2) is 41.6 Å². The molecule has 1 aromatic carbocycles. The zero-order chi connectivity index (χ0) is 21.0. The third-order valence-electron chi connectivity index (χ3n) is 4.32. The van der Waals surface area contributed by atoms with E-state index in [1.54, 1.807) is 18.2 Å². The summed E-state index contributed by atoms with van der Waals surface area (Å²) in [7, 11) is 2.89. The van der Waals surface area contributed by atoms with Crippen LogP contribution < -0.4 is 10.3 Å². The lowest BCUT2D eigenvalue weighted by Gasteiger charge is -2.19. The van der Waals surface area contributed by atoms with Crippen molar-refractivity contribution in [2.75, 3.05) is 20.8 Å². The summed E-state index contributed by atoms with van der Waals surface area (Å²) in [5.74, 6) is -0.846. The number of ether oxygens (including phenoxy) is 2. The van der Waals surface area contributed by atoms with Crippen LogP contribution in [0.4, 0.5) is 0 Å². The van der Waals surface area contributed by atoms with Crippen molar-refractivity contribution in [3.8, 4) is 22.6 Å². The number of hydrogen-bond acceptors (Lipinski definition) is 7. The first-order chi connectivity index (χ1) is 14.0. The van der Waals surface area contributed by atoms with Crippen molar-refractivity contribution < 1.29 is 19.4 Å². The number of aromatic nitrogens is 5. The minimum absolute atomic E-state index is 0. The SMILES string of the molecule is COCCC(C(=O)O)n1cc(OC)c(-c2cc(Cl)ccc2-n2cnnn2)cc1=O.Cl. The van der Waals surface area contributed by atoms with Crippen LogP contribution >= 0.6 is 24.0 Å². The van der Waals surface area contributed by atoms with Crippen molar-refractivity contribution in [1.82, 2.24) is 24.8 Å². The molecule has 0 fully saturated rings. The summed E-state index contributed by atoms with van der Waals surface area (Å²) in [5.41, 5.74) is 1.04. The van der Waals surface area contributed by atoms with Gasteiger partial charge in [0.25, 0.3) is 5.56 Å². The van der Waals surface area contributed by atoms with Crippen molar-refractivity contribution in [1.29, 1.82) is 0 Å². The maximum atomic E-state index is 12.8. The smallest absolute Gasteiger partial charge is 0.326 e. The Morgan fingerprint density at radius 3 is 2.63 bits per heavy atom. The molecule has 0 saturated carbocycles. The molecular weight excluding hydrogens is 437 g/mol. The van der Waals surface area contributed by atoms with Crippen LogP contribution in [-0.2, 0) is 9.53 Å². The quantitative estimate of drug-likeness (QED) is 0.548. The monoisotopic (exact) mass is 455 g/mol. The molecule has 10 nitrogen and oxygen atoms in total. The third-order valence-corrected chi connectivity index (χ3v) is 4.56. The van der Waals surface area contributed by atoms with E-state index in [9.17, 15) is 14.7 Å². The van der Waals surface area contributed by atoms with Crippen LogP contribution in [0.2, 0.25) is 5.02 Å². The fourth-order valence-corrected chi connectivity index (χ4v) is 3.12. The predicted molar refractivity (Wildman–Crippen MR) is 111 cm³/mol. The van der Waals surface area contributed by atoms with Crippen molar-refractivity contribution in [2.24, 2.45) is 0 Å². The summed E-state index contributed by atoms with van der Waals surface area (Å²) in [4.78, 5) is 24.5. The molecule has 2 heterocycles. The van der Waals surface area contributed by atoms with E-state index in [-0.39, 0.29) is 25.4 Å². The van der Waals surface area contributed by atoms with E-state index >= 15 is 0 Å². The van der Waals surface area contributed by atoms with Gasteiger partial charge in [-0.15, -0.1) is 17.5 Å². The average molecular weight is 456 g/mol. The molecule has 0 aliphatic rings. The molecular formula is C18H19Cl2N5O5. The molecule has 0 saturated heterocycles. The van der Waals surface area contributed by atoms with Gasteiger partial charge in [0.05, 0.1) is 19.0 Å². The Labute approximate surface area is 182 Å². The van der Waals surface area contributed by atoms with Gasteiger partial charge in [-0.05, 0) is 28.6 Å². The van der Waals surface area contributed by atoms with Gasteiger partial charge in [0.1, 0.15) is 18.1 Å². The third kappa shape index (κ3) is 4.78. The van der Waals surface area contributed by atoms with Crippen LogP contribution in [0.3, 0.4) is 0 Å². The lowest BCUT2D eigenvalue weighted by Crippen LogP contribution is -2.30. The van der Waals surface area contributed by atoms with Gasteiger partial charge in [-0.1, -0.05) is 11.6 Å². The highest BCUT2D eigenvalue weighted by atomic mass is 35.5. The maximum Gasteiger partial charge on any atom is 0.326 e. The van der Waals surface area contributed by atoms with Gasteiger partial charge in [0.2, 0.25) is 0 Å². The molecule has 3 aromatic rings. The number of carboxylic acid groups (broad SMARTS) is 1. The summed E-state index contributed by atoms with van der Waals surface area (Å²) < 4.78 is 13.0. The van der Waals surface area contributed by atoms with Crippen LogP contribution in [0, 0.1) is 0 Å². The van der Waals surface area contributed by atoms with Crippen molar-refractivity contribution in [3.63, 3.8) is 0 Å². The van der Waals surface area contributed by atoms with Gasteiger partial charge >= 0.3 is 5.97 Å². The first-order valence-corrected chi connectivity index (χ1v) is 8.89. The topological polar surface area (TPSA) is 121 Å². The van der Waals surface area contributed by atoms with Crippen LogP contribution in [0.25, 0.3) is 16.8 Å². The minimum Gasteiger partial charge on any atom is -0.495 e. The van der Waals surface area contributed by atoms with Gasteiger partial charge in [-0.3, -0.25) is 9.36 Å². The minimum atomic E-state index is -1.14. The number of pyridine rings is 1. The fourth-order valence-electron chi connectivity index (χ4n) is 2.95. The van der Waals surface area contributed by atoms with E-state index in [4.69, 9.17) is 21.1 Å². The Morgan fingerprint density at radius 2 is 2.03 bits per heavy atom. The number of benzene rings is 1. The van der Waals surface area contributed by atoms with Gasteiger partial charge < -0.3 is 14.6 Å². The largest absolute Gasteiger partial charge is 0.495 e. The standard InChI is InChI=1S/C18H18ClN5O5.ClH/c1-28-6-5-15(18(26)27)23-9-16(29-2)13(8-17(23)25)12-7-11(19)3-4-14(12)24-10-20-21-22-24;/h3-4,7-10,15H,5-6H2,1-2H3,(H,26,27);1H. The normalized spacial score (nSPS) is 11.6. The summed E-state index contributed by atoms with van der Waals surface area (Å²) in [6.45, 7) is 0.186. The molecule has 1 N–H and O–H groups in total. The molecule has 30 heavy (non-hydrogen) atoms. The number of tetrazole rings is 1. The second-order valence-corrected chi connectivity index (χ2v) is 6.49. The Kier molecular flexibility index (Phi) is 7.93. The number of carbonyl (C=O) groups is 1. The number of aliphatic carboxylic acids is 1. The number of nitrogens with zero attached hydrogens (tertiary/aromatic N) is 5. The fraction of sp³-hybridized carbons (Fsp3) is 0.278. The average Bonchev–Trinajstić information content (AvgIpc) is 3.23. The van der Waals surface area contributed by atoms with Crippen LogP contribution in [-0.4, -0.2) is 56.7 Å².